The Kier molecular flexibility index (Phi) is 5.80. The van der Waals surface area contributed by atoms with Gasteiger partial charge in [-0.25, -0.2) is 9.78 Å². The lowest BCUT2D eigenvalue weighted by Crippen LogP contribution is -2.28. The molecule has 4 aromatic rings. The molecule has 0 radical (unpaired) electrons. The Bertz CT molecular complexity index is 1300. The molecular weight excluding hydrogens is 412 g/mol. The molecule has 0 atom stereocenters. The minimum Gasteiger partial charge on any atom is -0.453 e. The Labute approximate surface area is 182 Å². The number of rotatable bonds is 6. The summed E-state index contributed by atoms with van der Waals surface area (Å²) in [5.41, 5.74) is 4.16. The summed E-state index contributed by atoms with van der Waals surface area (Å²) in [6, 6.07) is 20.1. The number of aromatic nitrogens is 2. The Morgan fingerprint density at radius 2 is 1.62 bits per heavy atom. The Morgan fingerprint density at radius 1 is 0.906 bits per heavy atom. The quantitative estimate of drug-likeness (QED) is 0.317. The molecule has 3 N–H and O–H groups in total. The summed E-state index contributed by atoms with van der Waals surface area (Å²) >= 11 is 0. The molecule has 1 heterocycles. The predicted molar refractivity (Wildman–Crippen MR) is 117 cm³/mol. The van der Waals surface area contributed by atoms with Gasteiger partial charge in [-0.2, -0.15) is 5.48 Å². The van der Waals surface area contributed by atoms with Crippen molar-refractivity contribution in [2.75, 3.05) is 12.4 Å². The van der Waals surface area contributed by atoms with Crippen molar-refractivity contribution in [1.82, 2.24) is 15.4 Å². The number of H-pyrrole nitrogens is 1. The van der Waals surface area contributed by atoms with Gasteiger partial charge in [0.05, 0.1) is 23.7 Å². The smallest absolute Gasteiger partial charge is 0.413 e. The zero-order valence-corrected chi connectivity index (χ0v) is 16.9. The van der Waals surface area contributed by atoms with Crippen molar-refractivity contribution in [3.8, 4) is 5.75 Å². The van der Waals surface area contributed by atoms with Crippen molar-refractivity contribution in [3.63, 3.8) is 0 Å². The lowest BCUT2D eigenvalue weighted by atomic mass is 9.98. The van der Waals surface area contributed by atoms with E-state index in [1.165, 1.54) is 7.11 Å². The zero-order chi connectivity index (χ0) is 22.5. The van der Waals surface area contributed by atoms with Crippen LogP contribution in [0, 0.1) is 0 Å². The highest BCUT2D eigenvalue weighted by molar-refractivity contribution is 6.16. The maximum absolute atomic E-state index is 13.2. The lowest BCUT2D eigenvalue weighted by molar-refractivity contribution is 0.0756. The molecule has 0 bridgehead atoms. The van der Waals surface area contributed by atoms with Crippen LogP contribution in [0.25, 0.3) is 11.0 Å². The summed E-state index contributed by atoms with van der Waals surface area (Å²) in [7, 11) is 1.24. The van der Waals surface area contributed by atoms with Crippen LogP contribution >= 0.6 is 0 Å². The third-order valence-corrected chi connectivity index (χ3v) is 4.57. The van der Waals surface area contributed by atoms with Crippen LogP contribution in [0.15, 0.2) is 72.8 Å². The maximum atomic E-state index is 13.2. The number of fused-ring (bicyclic) bond motifs is 1. The second-order valence-electron chi connectivity index (χ2n) is 6.65. The fourth-order valence-corrected chi connectivity index (χ4v) is 3.04. The molecule has 0 aliphatic heterocycles. The number of benzene rings is 3. The largest absolute Gasteiger partial charge is 0.453 e. The lowest BCUT2D eigenvalue weighted by Gasteiger charge is -2.10. The van der Waals surface area contributed by atoms with Crippen LogP contribution in [0.5, 0.6) is 5.75 Å². The van der Waals surface area contributed by atoms with Crippen LogP contribution in [0.1, 0.15) is 26.3 Å². The minimum absolute atomic E-state index is 0.170. The standard InChI is InChI=1S/C23H18N4O5/c1-31-23(30)26-22-24-18-12-11-14(13-19(18)25-22)20(28)16-9-5-6-10-17(16)21(29)27-32-15-7-3-2-4-8-15/h2-13H,1H3,(H,27,29)(H2,24,25,26,30). The molecule has 4 rings (SSSR count). The van der Waals surface area contributed by atoms with Gasteiger partial charge >= 0.3 is 6.09 Å². The van der Waals surface area contributed by atoms with E-state index in [-0.39, 0.29) is 22.9 Å². The van der Waals surface area contributed by atoms with Gasteiger partial charge in [-0.05, 0) is 36.4 Å². The molecule has 0 saturated heterocycles. The molecule has 0 aliphatic rings. The monoisotopic (exact) mass is 430 g/mol. The highest BCUT2D eigenvalue weighted by atomic mass is 16.7. The summed E-state index contributed by atoms with van der Waals surface area (Å²) in [5.74, 6) is -0.259. The van der Waals surface area contributed by atoms with Crippen molar-refractivity contribution in [2.45, 2.75) is 0 Å². The second-order valence-corrected chi connectivity index (χ2v) is 6.65. The van der Waals surface area contributed by atoms with E-state index in [0.29, 0.717) is 22.3 Å². The molecule has 0 saturated carbocycles. The predicted octanol–water partition coefficient (Wildman–Crippen LogP) is 3.70. The molecule has 2 amide bonds. The van der Waals surface area contributed by atoms with E-state index in [0.717, 1.165) is 0 Å². The number of amides is 2. The third kappa shape index (κ3) is 4.41. The number of aromatic amines is 1. The van der Waals surface area contributed by atoms with Gasteiger partial charge in [-0.15, -0.1) is 0 Å². The van der Waals surface area contributed by atoms with Crippen LogP contribution in [0.2, 0.25) is 0 Å². The van der Waals surface area contributed by atoms with Crippen LogP contribution in [-0.4, -0.2) is 34.9 Å². The number of hydrogen-bond acceptors (Lipinski definition) is 6. The Balaban J connectivity index is 1.57. The first-order chi connectivity index (χ1) is 15.5. The van der Waals surface area contributed by atoms with Crippen molar-refractivity contribution < 1.29 is 24.0 Å². The van der Waals surface area contributed by atoms with Gasteiger partial charge in [0.25, 0.3) is 5.91 Å². The van der Waals surface area contributed by atoms with Gasteiger partial charge < -0.3 is 14.6 Å². The molecule has 0 aliphatic carbocycles. The first-order valence-electron chi connectivity index (χ1n) is 9.56. The zero-order valence-electron chi connectivity index (χ0n) is 16.9. The maximum Gasteiger partial charge on any atom is 0.413 e. The van der Waals surface area contributed by atoms with Crippen molar-refractivity contribution in [3.05, 3.63) is 89.5 Å². The van der Waals surface area contributed by atoms with E-state index in [4.69, 9.17) is 4.84 Å². The molecule has 32 heavy (non-hydrogen) atoms. The van der Waals surface area contributed by atoms with Gasteiger partial charge in [0.15, 0.2) is 11.5 Å². The number of methoxy groups -OCH3 is 1. The van der Waals surface area contributed by atoms with E-state index in [2.05, 4.69) is 25.5 Å². The fraction of sp³-hybridized carbons (Fsp3) is 0.0435. The third-order valence-electron chi connectivity index (χ3n) is 4.57. The van der Waals surface area contributed by atoms with Crippen LogP contribution in [-0.2, 0) is 4.74 Å². The number of anilines is 1. The van der Waals surface area contributed by atoms with Gasteiger partial charge in [-0.3, -0.25) is 14.9 Å². The molecule has 9 heteroatoms. The van der Waals surface area contributed by atoms with Crippen LogP contribution < -0.4 is 15.6 Å². The molecular formula is C23H18N4O5. The summed E-state index contributed by atoms with van der Waals surface area (Å²) in [5, 5.41) is 2.43. The highest BCUT2D eigenvalue weighted by Gasteiger charge is 2.19. The molecule has 1 aromatic heterocycles. The number of imidazole rings is 1. The SMILES string of the molecule is COC(=O)Nc1nc2cc(C(=O)c3ccccc3C(=O)NOc3ccccc3)ccc2[nH]1. The fourth-order valence-electron chi connectivity index (χ4n) is 3.04. The van der Waals surface area contributed by atoms with E-state index in [1.807, 2.05) is 6.07 Å². The van der Waals surface area contributed by atoms with Gasteiger partial charge in [-0.1, -0.05) is 36.4 Å². The number of carbonyl (C=O) groups is 3. The van der Waals surface area contributed by atoms with Crippen LogP contribution in [0.3, 0.4) is 0 Å². The first kappa shape index (κ1) is 20.6. The number of ether oxygens (including phenoxy) is 1. The topological polar surface area (TPSA) is 122 Å². The molecule has 0 unspecified atom stereocenters. The number of carbonyl (C=O) groups excluding carboxylic acids is 3. The van der Waals surface area contributed by atoms with Crippen molar-refractivity contribution in [2.24, 2.45) is 0 Å². The minimum atomic E-state index is -0.669. The average Bonchev–Trinajstić information content (AvgIpc) is 3.24. The molecule has 9 nitrogen and oxygen atoms in total. The Morgan fingerprint density at radius 3 is 2.38 bits per heavy atom. The summed E-state index contributed by atoms with van der Waals surface area (Å²) in [4.78, 5) is 49.7. The second kappa shape index (κ2) is 9.00. The number of nitrogens with zero attached hydrogens (tertiary/aromatic N) is 1. The molecule has 0 spiro atoms. The summed E-state index contributed by atoms with van der Waals surface area (Å²) < 4.78 is 4.54. The van der Waals surface area contributed by atoms with E-state index < -0.39 is 12.0 Å². The van der Waals surface area contributed by atoms with Crippen molar-refractivity contribution >= 4 is 34.8 Å². The van der Waals surface area contributed by atoms with Gasteiger partial charge in [0.2, 0.25) is 5.95 Å². The summed E-state index contributed by atoms with van der Waals surface area (Å²) in [6.07, 6.45) is -0.669. The molecule has 0 fully saturated rings. The van der Waals surface area contributed by atoms with Crippen LogP contribution in [0.4, 0.5) is 10.7 Å². The van der Waals surface area contributed by atoms with E-state index in [9.17, 15) is 14.4 Å². The van der Waals surface area contributed by atoms with Gasteiger partial charge in [0, 0.05) is 11.1 Å². The van der Waals surface area contributed by atoms with E-state index >= 15 is 0 Å². The number of hydroxylamine groups is 1. The summed E-state index contributed by atoms with van der Waals surface area (Å²) in [6.45, 7) is 0. The Hall–Kier alpha value is -4.66. The number of nitrogens with one attached hydrogen (secondary N) is 3. The average molecular weight is 430 g/mol. The molecule has 3 aromatic carbocycles. The van der Waals surface area contributed by atoms with Gasteiger partial charge in [0.1, 0.15) is 0 Å². The normalized spacial score (nSPS) is 10.4. The van der Waals surface area contributed by atoms with Crippen molar-refractivity contribution in [1.29, 1.82) is 0 Å². The number of hydrogen-bond donors (Lipinski definition) is 3. The number of para-hydroxylation sites is 1. The number of ketones is 1. The highest BCUT2D eigenvalue weighted by Crippen LogP contribution is 2.20. The molecule has 160 valence electrons. The first-order valence-corrected chi connectivity index (χ1v) is 9.56. The van der Waals surface area contributed by atoms with E-state index in [1.54, 1.807) is 66.7 Å².